The van der Waals surface area contributed by atoms with Crippen molar-refractivity contribution < 1.29 is 19.7 Å². The highest BCUT2D eigenvalue weighted by Gasteiger charge is 2.42. The SMILES string of the molecule is CCCCC/C=C\C/C=C\C/C=C\[C@H](O)[C@H]1O[C@H]1CCCC(=O)[O-]. The summed E-state index contributed by atoms with van der Waals surface area (Å²) in [6.07, 6.45) is 19.5. The standard InChI is InChI=1S/C20H32O4/c1-2-3-4-5-6-7-8-9-10-11-12-14-17(21)20-18(24-20)15-13-16-19(22)23/h6-7,9-10,12,14,17-18,20-21H,2-5,8,11,13,15-16H2,1H3,(H,22,23)/p-1/b7-6-,10-9-,14-12-/t17-,18-,20+/m0/s1. The number of hydrogen-bond donors (Lipinski definition) is 1. The zero-order valence-electron chi connectivity index (χ0n) is 14.7. The maximum Gasteiger partial charge on any atom is 0.114 e. The molecular formula is C20H31O4-. The predicted octanol–water partition coefficient (Wildman–Crippen LogP) is 3.06. The molecule has 0 amide bonds. The molecule has 1 N–H and O–H groups in total. The van der Waals surface area contributed by atoms with Gasteiger partial charge in [0.25, 0.3) is 0 Å². The van der Waals surface area contributed by atoms with Gasteiger partial charge in [0.2, 0.25) is 0 Å². The van der Waals surface area contributed by atoms with E-state index < -0.39 is 12.1 Å². The second-order valence-electron chi connectivity index (χ2n) is 6.23. The number of unbranched alkanes of at least 4 members (excludes halogenated alkanes) is 3. The molecule has 0 unspecified atom stereocenters. The average molecular weight is 335 g/mol. The molecule has 1 saturated heterocycles. The highest BCUT2D eigenvalue weighted by Crippen LogP contribution is 2.30. The molecule has 1 aliphatic heterocycles. The van der Waals surface area contributed by atoms with E-state index in [0.29, 0.717) is 12.8 Å². The Bertz CT molecular complexity index is 425. The van der Waals surface area contributed by atoms with Crippen LogP contribution < -0.4 is 5.11 Å². The Kier molecular flexibility index (Phi) is 11.2. The number of aliphatic hydroxyl groups is 1. The van der Waals surface area contributed by atoms with Crippen LogP contribution in [0.1, 0.15) is 64.7 Å². The topological polar surface area (TPSA) is 72.9 Å². The lowest BCUT2D eigenvalue weighted by Crippen LogP contribution is -2.21. The van der Waals surface area contributed by atoms with Gasteiger partial charge in [-0.3, -0.25) is 0 Å². The molecule has 0 aliphatic carbocycles. The first-order valence-corrected chi connectivity index (χ1v) is 9.15. The molecular weight excluding hydrogens is 304 g/mol. The molecule has 24 heavy (non-hydrogen) atoms. The maximum atomic E-state index is 10.3. The predicted molar refractivity (Wildman–Crippen MR) is 94.3 cm³/mol. The van der Waals surface area contributed by atoms with E-state index in [2.05, 4.69) is 31.2 Å². The van der Waals surface area contributed by atoms with E-state index in [9.17, 15) is 15.0 Å². The van der Waals surface area contributed by atoms with Crippen molar-refractivity contribution in [2.75, 3.05) is 0 Å². The molecule has 136 valence electrons. The summed E-state index contributed by atoms with van der Waals surface area (Å²) in [5.74, 6) is -1.03. The van der Waals surface area contributed by atoms with Crippen LogP contribution in [0, 0.1) is 0 Å². The van der Waals surface area contributed by atoms with Crippen molar-refractivity contribution in [1.29, 1.82) is 0 Å². The highest BCUT2D eigenvalue weighted by molar-refractivity contribution is 5.64. The molecule has 4 nitrogen and oxygen atoms in total. The zero-order valence-corrected chi connectivity index (χ0v) is 14.7. The lowest BCUT2D eigenvalue weighted by Gasteiger charge is -2.01. The lowest BCUT2D eigenvalue weighted by atomic mass is 10.1. The van der Waals surface area contributed by atoms with Crippen LogP contribution >= 0.6 is 0 Å². The van der Waals surface area contributed by atoms with Crippen LogP contribution in [0.5, 0.6) is 0 Å². The van der Waals surface area contributed by atoms with E-state index in [4.69, 9.17) is 4.74 Å². The molecule has 1 heterocycles. The minimum atomic E-state index is -1.03. The molecule has 0 radical (unpaired) electrons. The zero-order chi connectivity index (χ0) is 17.6. The lowest BCUT2D eigenvalue weighted by molar-refractivity contribution is -0.305. The van der Waals surface area contributed by atoms with Crippen molar-refractivity contribution in [2.45, 2.75) is 83.0 Å². The number of carbonyl (C=O) groups is 1. The largest absolute Gasteiger partial charge is 0.550 e. The third-order valence-electron chi connectivity index (χ3n) is 4.01. The Morgan fingerprint density at radius 2 is 1.83 bits per heavy atom. The molecule has 0 bridgehead atoms. The minimum absolute atomic E-state index is 0.0163. The summed E-state index contributed by atoms with van der Waals surface area (Å²) in [6.45, 7) is 2.21. The first-order valence-electron chi connectivity index (χ1n) is 9.15. The number of allylic oxidation sites excluding steroid dienone is 5. The fourth-order valence-electron chi connectivity index (χ4n) is 2.54. The van der Waals surface area contributed by atoms with Gasteiger partial charge in [-0.15, -0.1) is 0 Å². The van der Waals surface area contributed by atoms with Crippen LogP contribution in [0.15, 0.2) is 36.5 Å². The van der Waals surface area contributed by atoms with Crippen LogP contribution in [0.4, 0.5) is 0 Å². The van der Waals surface area contributed by atoms with Crippen molar-refractivity contribution in [3.63, 3.8) is 0 Å². The van der Waals surface area contributed by atoms with Crippen LogP contribution in [-0.4, -0.2) is 29.4 Å². The molecule has 0 aromatic heterocycles. The van der Waals surface area contributed by atoms with Gasteiger partial charge in [-0.25, -0.2) is 0 Å². The van der Waals surface area contributed by atoms with E-state index in [1.807, 2.05) is 6.08 Å². The van der Waals surface area contributed by atoms with Gasteiger partial charge >= 0.3 is 0 Å². The first-order chi connectivity index (χ1) is 11.6. The van der Waals surface area contributed by atoms with Crippen LogP contribution in [0.3, 0.4) is 0 Å². The fourth-order valence-corrected chi connectivity index (χ4v) is 2.54. The van der Waals surface area contributed by atoms with E-state index in [1.54, 1.807) is 6.08 Å². The van der Waals surface area contributed by atoms with Gasteiger partial charge in [-0.1, -0.05) is 56.2 Å². The van der Waals surface area contributed by atoms with Gasteiger partial charge in [0.1, 0.15) is 12.2 Å². The fraction of sp³-hybridized carbons (Fsp3) is 0.650. The van der Waals surface area contributed by atoms with Gasteiger partial charge in [0, 0.05) is 5.97 Å². The van der Waals surface area contributed by atoms with Gasteiger partial charge in [0.05, 0.1) is 6.10 Å². The molecule has 0 aromatic rings. The monoisotopic (exact) mass is 335 g/mol. The number of aliphatic hydroxyl groups excluding tert-OH is 1. The Balaban J connectivity index is 2.02. The Hall–Kier alpha value is -1.39. The molecule has 0 spiro atoms. The number of epoxide rings is 1. The Labute approximate surface area is 145 Å². The van der Waals surface area contributed by atoms with Crippen LogP contribution in [-0.2, 0) is 9.53 Å². The van der Waals surface area contributed by atoms with Crippen LogP contribution in [0.2, 0.25) is 0 Å². The summed E-state index contributed by atoms with van der Waals surface area (Å²) >= 11 is 0. The number of hydrogen-bond acceptors (Lipinski definition) is 4. The third-order valence-corrected chi connectivity index (χ3v) is 4.01. The summed E-state index contributed by atoms with van der Waals surface area (Å²) < 4.78 is 5.37. The van der Waals surface area contributed by atoms with E-state index in [0.717, 1.165) is 12.8 Å². The number of carboxylic acids is 1. The molecule has 0 aromatic carbocycles. The van der Waals surface area contributed by atoms with Crippen molar-refractivity contribution in [2.24, 2.45) is 0 Å². The number of aliphatic carboxylic acids is 1. The summed E-state index contributed by atoms with van der Waals surface area (Å²) in [5, 5.41) is 20.3. The number of carbonyl (C=O) groups excluding carboxylic acids is 1. The van der Waals surface area contributed by atoms with Gasteiger partial charge in [-0.2, -0.15) is 0 Å². The molecule has 0 saturated carbocycles. The molecule has 1 aliphatic rings. The van der Waals surface area contributed by atoms with Crippen molar-refractivity contribution in [1.82, 2.24) is 0 Å². The molecule has 4 heteroatoms. The van der Waals surface area contributed by atoms with Crippen molar-refractivity contribution in [3.8, 4) is 0 Å². The second kappa shape index (κ2) is 13.0. The average Bonchev–Trinajstić information content (AvgIpc) is 3.31. The quantitative estimate of drug-likeness (QED) is 0.301. The summed E-state index contributed by atoms with van der Waals surface area (Å²) in [5.41, 5.74) is 0. The summed E-state index contributed by atoms with van der Waals surface area (Å²) in [7, 11) is 0. The van der Waals surface area contributed by atoms with E-state index in [-0.39, 0.29) is 18.6 Å². The molecule has 3 atom stereocenters. The van der Waals surface area contributed by atoms with Crippen LogP contribution in [0.25, 0.3) is 0 Å². The van der Waals surface area contributed by atoms with E-state index in [1.165, 1.54) is 25.7 Å². The Morgan fingerprint density at radius 1 is 1.12 bits per heavy atom. The second-order valence-corrected chi connectivity index (χ2v) is 6.23. The van der Waals surface area contributed by atoms with Gasteiger partial charge in [0.15, 0.2) is 0 Å². The third kappa shape index (κ3) is 10.4. The number of carboxylic acid groups (broad SMARTS) is 1. The van der Waals surface area contributed by atoms with Crippen molar-refractivity contribution in [3.05, 3.63) is 36.5 Å². The Morgan fingerprint density at radius 3 is 2.54 bits per heavy atom. The van der Waals surface area contributed by atoms with E-state index >= 15 is 0 Å². The summed E-state index contributed by atoms with van der Waals surface area (Å²) in [4.78, 5) is 10.3. The molecule has 1 rings (SSSR count). The smallest absolute Gasteiger partial charge is 0.114 e. The summed E-state index contributed by atoms with van der Waals surface area (Å²) in [6, 6.07) is 0. The van der Waals surface area contributed by atoms with Crippen molar-refractivity contribution >= 4 is 5.97 Å². The van der Waals surface area contributed by atoms with Gasteiger partial charge < -0.3 is 19.7 Å². The first kappa shape index (κ1) is 20.7. The number of rotatable bonds is 14. The molecule has 1 fully saturated rings. The normalized spacial score (nSPS) is 21.9. The minimum Gasteiger partial charge on any atom is -0.550 e. The maximum absolute atomic E-state index is 10.3. The highest BCUT2D eigenvalue weighted by atomic mass is 16.6. The number of ether oxygens (including phenoxy) is 1. The van der Waals surface area contributed by atoms with Gasteiger partial charge in [-0.05, 0) is 44.9 Å².